The zero-order valence-corrected chi connectivity index (χ0v) is 17.8. The fourth-order valence-corrected chi connectivity index (χ4v) is 4.80. The van der Waals surface area contributed by atoms with Crippen molar-refractivity contribution >= 4 is 34.3 Å². The molecule has 2 heterocycles. The fraction of sp³-hybridized carbons (Fsp3) is 0.429. The van der Waals surface area contributed by atoms with Gasteiger partial charge in [0.2, 0.25) is 5.91 Å². The number of rotatable bonds is 6. The first-order valence-electron chi connectivity index (χ1n) is 9.96. The Labute approximate surface area is 178 Å². The highest BCUT2D eigenvalue weighted by Gasteiger charge is 2.52. The van der Waals surface area contributed by atoms with E-state index in [9.17, 15) is 14.4 Å². The van der Waals surface area contributed by atoms with Crippen molar-refractivity contribution in [2.24, 2.45) is 0 Å². The van der Waals surface area contributed by atoms with Gasteiger partial charge in [0.15, 0.2) is 5.13 Å². The van der Waals surface area contributed by atoms with E-state index in [0.29, 0.717) is 29.4 Å². The van der Waals surface area contributed by atoms with Gasteiger partial charge in [-0.2, -0.15) is 0 Å². The number of hydrogen-bond acceptors (Lipinski definition) is 6. The van der Waals surface area contributed by atoms with E-state index in [4.69, 9.17) is 4.74 Å². The smallest absolute Gasteiger partial charge is 0.325 e. The molecule has 1 aromatic carbocycles. The van der Waals surface area contributed by atoms with E-state index in [1.807, 2.05) is 30.5 Å². The molecule has 2 fully saturated rings. The molecule has 1 saturated heterocycles. The Bertz CT molecular complexity index is 997. The second-order valence-electron chi connectivity index (χ2n) is 7.72. The Kier molecular flexibility index (Phi) is 5.46. The van der Waals surface area contributed by atoms with Gasteiger partial charge in [0.05, 0.1) is 12.8 Å². The van der Waals surface area contributed by atoms with Gasteiger partial charge in [0.1, 0.15) is 11.3 Å². The maximum Gasteiger partial charge on any atom is 0.325 e. The Balaban J connectivity index is 1.37. The van der Waals surface area contributed by atoms with Crippen molar-refractivity contribution in [3.05, 3.63) is 29.1 Å². The largest absolute Gasteiger partial charge is 0.496 e. The van der Waals surface area contributed by atoms with Crippen molar-refractivity contribution in [3.8, 4) is 17.0 Å². The Hall–Kier alpha value is -2.94. The van der Waals surface area contributed by atoms with Crippen LogP contribution in [0.4, 0.5) is 9.93 Å². The Morgan fingerprint density at radius 1 is 1.33 bits per heavy atom. The number of ether oxygens (including phenoxy) is 1. The fourth-order valence-electron chi connectivity index (χ4n) is 4.07. The summed E-state index contributed by atoms with van der Waals surface area (Å²) in [6, 6.07) is 5.42. The summed E-state index contributed by atoms with van der Waals surface area (Å²) >= 11 is 1.31. The van der Waals surface area contributed by atoms with E-state index in [0.717, 1.165) is 28.9 Å². The van der Waals surface area contributed by atoms with Crippen LogP contribution in [0.15, 0.2) is 23.6 Å². The number of urea groups is 1. The highest BCUT2D eigenvalue weighted by atomic mass is 32.1. The lowest BCUT2D eigenvalue weighted by Crippen LogP contribution is -2.44. The molecule has 1 saturated carbocycles. The zero-order valence-electron chi connectivity index (χ0n) is 17.0. The number of thiazole rings is 1. The van der Waals surface area contributed by atoms with Crippen molar-refractivity contribution in [3.63, 3.8) is 0 Å². The molecule has 2 aliphatic rings. The van der Waals surface area contributed by atoms with Crippen LogP contribution in [-0.4, -0.2) is 46.9 Å². The molecule has 1 spiro atoms. The highest BCUT2D eigenvalue weighted by molar-refractivity contribution is 7.14. The maximum atomic E-state index is 12.6. The molecular formula is C21H24N4O4S. The molecule has 8 nitrogen and oxygen atoms in total. The summed E-state index contributed by atoms with van der Waals surface area (Å²) in [6.45, 7) is 2.05. The number of aromatic nitrogens is 1. The van der Waals surface area contributed by atoms with E-state index in [1.165, 1.54) is 11.3 Å². The molecule has 0 unspecified atom stereocenters. The van der Waals surface area contributed by atoms with Crippen LogP contribution in [0.3, 0.4) is 0 Å². The first kappa shape index (κ1) is 20.3. The third-order valence-electron chi connectivity index (χ3n) is 5.65. The molecule has 4 rings (SSSR count). The summed E-state index contributed by atoms with van der Waals surface area (Å²) in [6.07, 6.45) is 3.23. The first-order valence-corrected chi connectivity index (χ1v) is 10.8. The summed E-state index contributed by atoms with van der Waals surface area (Å²) in [4.78, 5) is 42.9. The van der Waals surface area contributed by atoms with Crippen molar-refractivity contribution < 1.29 is 19.1 Å². The molecule has 0 atom stereocenters. The van der Waals surface area contributed by atoms with E-state index >= 15 is 0 Å². The Morgan fingerprint density at radius 2 is 2.10 bits per heavy atom. The van der Waals surface area contributed by atoms with Gasteiger partial charge in [-0.3, -0.25) is 14.5 Å². The van der Waals surface area contributed by atoms with Gasteiger partial charge in [-0.15, -0.1) is 11.3 Å². The van der Waals surface area contributed by atoms with Gasteiger partial charge in [0.25, 0.3) is 5.91 Å². The average molecular weight is 429 g/mol. The number of carbonyl (C=O) groups is 3. The SMILES string of the molecule is COc1ccc(C)cc1-c1csc(NC(=O)CCN2C(=O)NC3(CCCC3)C2=O)n1. The van der Waals surface area contributed by atoms with Gasteiger partial charge in [-0.1, -0.05) is 24.5 Å². The van der Waals surface area contributed by atoms with Gasteiger partial charge >= 0.3 is 6.03 Å². The monoisotopic (exact) mass is 428 g/mol. The molecule has 2 aromatic rings. The van der Waals surface area contributed by atoms with E-state index < -0.39 is 11.6 Å². The van der Waals surface area contributed by atoms with Gasteiger partial charge in [0, 0.05) is 23.9 Å². The highest BCUT2D eigenvalue weighted by Crippen LogP contribution is 2.35. The van der Waals surface area contributed by atoms with E-state index in [-0.39, 0.29) is 24.8 Å². The number of carbonyl (C=O) groups excluding carboxylic acids is 3. The Morgan fingerprint density at radius 3 is 2.83 bits per heavy atom. The summed E-state index contributed by atoms with van der Waals surface area (Å²) in [5, 5.41) is 7.90. The maximum absolute atomic E-state index is 12.6. The average Bonchev–Trinajstić information content (AvgIpc) is 3.42. The van der Waals surface area contributed by atoms with Crippen LogP contribution in [0.5, 0.6) is 5.75 Å². The number of nitrogens with zero attached hydrogens (tertiary/aromatic N) is 2. The van der Waals surface area contributed by atoms with Crippen LogP contribution in [0.2, 0.25) is 0 Å². The second-order valence-corrected chi connectivity index (χ2v) is 8.57. The number of amides is 4. The summed E-state index contributed by atoms with van der Waals surface area (Å²) in [7, 11) is 1.61. The van der Waals surface area contributed by atoms with E-state index in [2.05, 4.69) is 15.6 Å². The third kappa shape index (κ3) is 3.77. The quantitative estimate of drug-likeness (QED) is 0.688. The first-order chi connectivity index (χ1) is 14.4. The summed E-state index contributed by atoms with van der Waals surface area (Å²) < 4.78 is 5.40. The molecule has 9 heteroatoms. The summed E-state index contributed by atoms with van der Waals surface area (Å²) in [5.41, 5.74) is 1.91. The minimum absolute atomic E-state index is 0.0257. The standard InChI is InChI=1S/C21H24N4O4S/c1-13-5-6-16(29-2)14(11-13)15-12-30-19(22-15)23-17(26)7-10-25-18(27)21(24-20(25)28)8-3-4-9-21/h5-6,11-12H,3-4,7-10H2,1-2H3,(H,24,28)(H,22,23,26). The van der Waals surface area contributed by atoms with Crippen LogP contribution in [0, 0.1) is 6.92 Å². The molecule has 1 aliphatic carbocycles. The lowest BCUT2D eigenvalue weighted by molar-refractivity contribution is -0.131. The number of aryl methyl sites for hydroxylation is 1. The van der Waals surface area contributed by atoms with E-state index in [1.54, 1.807) is 7.11 Å². The second kappa shape index (κ2) is 8.06. The van der Waals surface area contributed by atoms with Crippen molar-refractivity contribution in [2.75, 3.05) is 19.0 Å². The van der Waals surface area contributed by atoms with Gasteiger partial charge < -0.3 is 15.4 Å². The molecule has 1 aliphatic heterocycles. The predicted octanol–water partition coefficient (Wildman–Crippen LogP) is 3.32. The number of nitrogens with one attached hydrogen (secondary N) is 2. The lowest BCUT2D eigenvalue weighted by Gasteiger charge is -2.19. The number of hydrogen-bond donors (Lipinski definition) is 2. The van der Waals surface area contributed by atoms with Crippen LogP contribution in [0.25, 0.3) is 11.3 Å². The van der Waals surface area contributed by atoms with Gasteiger partial charge in [-0.25, -0.2) is 9.78 Å². The molecule has 4 amide bonds. The third-order valence-corrected chi connectivity index (χ3v) is 6.40. The molecular weight excluding hydrogens is 404 g/mol. The predicted molar refractivity (Wildman–Crippen MR) is 114 cm³/mol. The molecule has 0 bridgehead atoms. The number of anilines is 1. The minimum atomic E-state index is -0.745. The topological polar surface area (TPSA) is 101 Å². The van der Waals surface area contributed by atoms with Crippen molar-refractivity contribution in [1.82, 2.24) is 15.2 Å². The molecule has 1 aromatic heterocycles. The van der Waals surface area contributed by atoms with Crippen LogP contribution in [-0.2, 0) is 9.59 Å². The minimum Gasteiger partial charge on any atom is -0.496 e. The van der Waals surface area contributed by atoms with Crippen LogP contribution >= 0.6 is 11.3 Å². The van der Waals surface area contributed by atoms with Gasteiger partial charge in [-0.05, 0) is 31.9 Å². The number of methoxy groups -OCH3 is 1. The normalized spacial score (nSPS) is 17.5. The summed E-state index contributed by atoms with van der Waals surface area (Å²) in [5.74, 6) is 0.212. The van der Waals surface area contributed by atoms with Crippen LogP contribution < -0.4 is 15.4 Å². The lowest BCUT2D eigenvalue weighted by atomic mass is 9.98. The van der Waals surface area contributed by atoms with Crippen molar-refractivity contribution in [1.29, 1.82) is 0 Å². The molecule has 2 N–H and O–H groups in total. The molecule has 30 heavy (non-hydrogen) atoms. The molecule has 158 valence electrons. The molecule has 0 radical (unpaired) electrons. The number of benzene rings is 1. The van der Waals surface area contributed by atoms with Crippen molar-refractivity contribution in [2.45, 2.75) is 44.6 Å². The number of imide groups is 1. The zero-order chi connectivity index (χ0) is 21.3. The van der Waals surface area contributed by atoms with Crippen LogP contribution in [0.1, 0.15) is 37.7 Å².